The van der Waals surface area contributed by atoms with Crippen molar-refractivity contribution in [2.45, 2.75) is 6.92 Å². The third kappa shape index (κ3) is 1.55. The van der Waals surface area contributed by atoms with Crippen molar-refractivity contribution in [3.63, 3.8) is 0 Å². The Morgan fingerprint density at radius 1 is 1.47 bits per heavy atom. The number of nitrogens with one attached hydrogen (secondary N) is 1. The molecule has 0 radical (unpaired) electrons. The lowest BCUT2D eigenvalue weighted by atomic mass is 10.2. The first kappa shape index (κ1) is 9.28. The summed E-state index contributed by atoms with van der Waals surface area (Å²) in [6.45, 7) is 1.39. The van der Waals surface area contributed by atoms with Crippen molar-refractivity contribution < 1.29 is 9.21 Å². The van der Waals surface area contributed by atoms with Crippen molar-refractivity contribution in [1.29, 1.82) is 5.26 Å². The van der Waals surface area contributed by atoms with Gasteiger partial charge in [-0.3, -0.25) is 4.79 Å². The second kappa shape index (κ2) is 3.46. The van der Waals surface area contributed by atoms with E-state index in [1.165, 1.54) is 6.92 Å². The molecule has 0 unspecified atom stereocenters. The zero-order valence-electron chi connectivity index (χ0n) is 8.07. The van der Waals surface area contributed by atoms with Gasteiger partial charge in [-0.15, -0.1) is 0 Å². The second-order valence-electron chi connectivity index (χ2n) is 3.10. The largest absolute Gasteiger partial charge is 0.443 e. The third-order valence-corrected chi connectivity index (χ3v) is 2.00. The van der Waals surface area contributed by atoms with Crippen LogP contribution in [-0.4, -0.2) is 5.91 Å². The molecule has 0 spiro atoms. The average molecular weight is 200 g/mol. The van der Waals surface area contributed by atoms with Crippen molar-refractivity contribution in [1.82, 2.24) is 0 Å². The zero-order valence-corrected chi connectivity index (χ0v) is 8.07. The number of hydrogen-bond acceptors (Lipinski definition) is 3. The highest BCUT2D eigenvalue weighted by atomic mass is 16.3. The van der Waals surface area contributed by atoms with E-state index in [0.717, 1.165) is 5.39 Å². The molecule has 1 heterocycles. The van der Waals surface area contributed by atoms with Crippen molar-refractivity contribution in [2.75, 3.05) is 5.32 Å². The van der Waals surface area contributed by atoms with Gasteiger partial charge in [0.1, 0.15) is 17.3 Å². The lowest BCUT2D eigenvalue weighted by Crippen LogP contribution is -2.06. The molecule has 0 atom stereocenters. The first-order valence-electron chi connectivity index (χ1n) is 4.41. The van der Waals surface area contributed by atoms with Crippen molar-refractivity contribution in [2.24, 2.45) is 0 Å². The maximum Gasteiger partial charge on any atom is 0.228 e. The summed E-state index contributed by atoms with van der Waals surface area (Å²) < 4.78 is 5.27. The number of amides is 1. The number of para-hydroxylation sites is 1. The summed E-state index contributed by atoms with van der Waals surface area (Å²) in [5, 5.41) is 12.2. The Hall–Kier alpha value is -2.28. The zero-order chi connectivity index (χ0) is 10.8. The highest BCUT2D eigenvalue weighted by molar-refractivity contribution is 6.01. The number of nitrogens with zero attached hydrogens (tertiary/aromatic N) is 1. The fourth-order valence-corrected chi connectivity index (χ4v) is 1.42. The van der Waals surface area contributed by atoms with E-state index in [2.05, 4.69) is 5.32 Å². The van der Waals surface area contributed by atoms with E-state index in [1.54, 1.807) is 12.1 Å². The van der Waals surface area contributed by atoms with E-state index in [4.69, 9.17) is 9.68 Å². The Bertz CT molecular complexity index is 563. The molecule has 0 aliphatic rings. The smallest absolute Gasteiger partial charge is 0.228 e. The number of fused-ring (bicyclic) bond motifs is 1. The molecule has 1 amide bonds. The lowest BCUT2D eigenvalue weighted by molar-refractivity contribution is -0.114. The van der Waals surface area contributed by atoms with Gasteiger partial charge in [-0.05, 0) is 12.1 Å². The van der Waals surface area contributed by atoms with E-state index in [0.29, 0.717) is 11.3 Å². The van der Waals surface area contributed by atoms with Crippen LogP contribution in [0.15, 0.2) is 28.7 Å². The first-order chi connectivity index (χ1) is 7.22. The minimum Gasteiger partial charge on any atom is -0.443 e. The number of nitriles is 1. The minimum atomic E-state index is -0.224. The normalized spacial score (nSPS) is 9.87. The molecule has 1 N–H and O–H groups in total. The highest BCUT2D eigenvalue weighted by Crippen LogP contribution is 2.29. The van der Waals surface area contributed by atoms with Crippen LogP contribution in [0.2, 0.25) is 0 Å². The molecule has 1 aromatic carbocycles. The van der Waals surface area contributed by atoms with Crippen LogP contribution < -0.4 is 5.32 Å². The maximum atomic E-state index is 11.0. The number of carbonyl (C=O) groups excluding carboxylic acids is 1. The number of rotatable bonds is 1. The number of anilines is 1. The first-order valence-corrected chi connectivity index (χ1v) is 4.41. The number of benzene rings is 1. The van der Waals surface area contributed by atoms with Crippen LogP contribution in [0, 0.1) is 11.3 Å². The molecule has 2 rings (SSSR count). The van der Waals surface area contributed by atoms with Crippen LogP contribution in [0.1, 0.15) is 12.7 Å². The molecule has 15 heavy (non-hydrogen) atoms. The second-order valence-corrected chi connectivity index (χ2v) is 3.10. The summed E-state index contributed by atoms with van der Waals surface area (Å²) in [6.07, 6.45) is 0. The molecule has 0 aliphatic carbocycles. The number of hydrogen-bond donors (Lipinski definition) is 1. The third-order valence-electron chi connectivity index (χ3n) is 2.00. The van der Waals surface area contributed by atoms with Crippen LogP contribution in [0.3, 0.4) is 0 Å². The van der Waals surface area contributed by atoms with Crippen molar-refractivity contribution >= 4 is 22.6 Å². The van der Waals surface area contributed by atoms with Crippen LogP contribution in [0.25, 0.3) is 11.0 Å². The average Bonchev–Trinajstić information content (AvgIpc) is 2.56. The fraction of sp³-hybridized carbons (Fsp3) is 0.0909. The Morgan fingerprint density at radius 2 is 2.20 bits per heavy atom. The maximum absolute atomic E-state index is 11.0. The summed E-state index contributed by atoms with van der Waals surface area (Å²) in [7, 11) is 0. The van der Waals surface area contributed by atoms with Crippen LogP contribution in [0.4, 0.5) is 5.69 Å². The Balaban J connectivity index is 2.68. The summed E-state index contributed by atoms with van der Waals surface area (Å²) in [4.78, 5) is 11.0. The van der Waals surface area contributed by atoms with Gasteiger partial charge in [0.25, 0.3) is 0 Å². The summed E-state index contributed by atoms with van der Waals surface area (Å²) in [6, 6.07) is 9.09. The standard InChI is InChI=1S/C11H8N2O2/c1-7(14)13-11-8-4-2-3-5-9(8)15-10(11)6-12/h2-5H,1H3,(H,13,14). The van der Waals surface area contributed by atoms with E-state index in [9.17, 15) is 4.79 Å². The van der Waals surface area contributed by atoms with E-state index < -0.39 is 0 Å². The topological polar surface area (TPSA) is 66.0 Å². The van der Waals surface area contributed by atoms with E-state index >= 15 is 0 Å². The van der Waals surface area contributed by atoms with Gasteiger partial charge in [0.05, 0.1) is 0 Å². The number of carbonyl (C=O) groups is 1. The van der Waals surface area contributed by atoms with E-state index in [-0.39, 0.29) is 11.7 Å². The number of furan rings is 1. The Morgan fingerprint density at radius 3 is 2.87 bits per heavy atom. The SMILES string of the molecule is CC(=O)Nc1c(C#N)oc2ccccc12. The molecule has 0 aliphatic heterocycles. The van der Waals surface area contributed by atoms with Gasteiger partial charge in [0, 0.05) is 12.3 Å². The molecular weight excluding hydrogens is 192 g/mol. The van der Waals surface area contributed by atoms with Gasteiger partial charge in [0.2, 0.25) is 11.7 Å². The molecule has 0 saturated heterocycles. The fourth-order valence-electron chi connectivity index (χ4n) is 1.42. The van der Waals surface area contributed by atoms with Gasteiger partial charge in [-0.2, -0.15) is 5.26 Å². The quantitative estimate of drug-likeness (QED) is 0.767. The summed E-state index contributed by atoms with van der Waals surface area (Å²) in [5.74, 6) is -0.0931. The molecule has 4 heteroatoms. The summed E-state index contributed by atoms with van der Waals surface area (Å²) >= 11 is 0. The van der Waals surface area contributed by atoms with E-state index in [1.807, 2.05) is 18.2 Å². The lowest BCUT2D eigenvalue weighted by Gasteiger charge is -1.97. The molecular formula is C11H8N2O2. The molecule has 2 aromatic rings. The molecule has 0 saturated carbocycles. The highest BCUT2D eigenvalue weighted by Gasteiger charge is 2.13. The molecule has 4 nitrogen and oxygen atoms in total. The van der Waals surface area contributed by atoms with Gasteiger partial charge >= 0.3 is 0 Å². The van der Waals surface area contributed by atoms with Crippen LogP contribution in [-0.2, 0) is 4.79 Å². The Kier molecular flexibility index (Phi) is 2.14. The molecule has 1 aromatic heterocycles. The predicted octanol–water partition coefficient (Wildman–Crippen LogP) is 2.26. The summed E-state index contributed by atoms with van der Waals surface area (Å²) in [5.41, 5.74) is 1.04. The molecule has 0 fully saturated rings. The van der Waals surface area contributed by atoms with Gasteiger partial charge in [0.15, 0.2) is 0 Å². The van der Waals surface area contributed by atoms with Crippen molar-refractivity contribution in [3.8, 4) is 6.07 Å². The minimum absolute atomic E-state index is 0.131. The van der Waals surface area contributed by atoms with Gasteiger partial charge in [-0.1, -0.05) is 12.1 Å². The monoisotopic (exact) mass is 200 g/mol. The molecule has 74 valence electrons. The predicted molar refractivity (Wildman–Crippen MR) is 55.2 cm³/mol. The van der Waals surface area contributed by atoms with Gasteiger partial charge < -0.3 is 9.73 Å². The van der Waals surface area contributed by atoms with Crippen molar-refractivity contribution in [3.05, 3.63) is 30.0 Å². The van der Waals surface area contributed by atoms with Gasteiger partial charge in [-0.25, -0.2) is 0 Å². The van der Waals surface area contributed by atoms with Crippen LogP contribution in [0.5, 0.6) is 0 Å². The molecule has 0 bridgehead atoms. The Labute approximate surface area is 86.1 Å². The van der Waals surface area contributed by atoms with Crippen LogP contribution >= 0.6 is 0 Å².